The standard InChI is InChI=1S/C25H32O6/c1-16-18(24(28)29)9-8-10-21(16)30-13-6-7-14-31-22-12-11-19(23(27)17(22)2)20(26)15-25(3,4)5/h8-12,27H,6-7,13-15H2,1-5H3,(H,28,29). The zero-order valence-corrected chi connectivity index (χ0v) is 18.9. The highest BCUT2D eigenvalue weighted by Gasteiger charge is 2.21. The van der Waals surface area contributed by atoms with Crippen molar-refractivity contribution in [1.82, 2.24) is 0 Å². The number of aromatic hydroxyl groups is 1. The van der Waals surface area contributed by atoms with E-state index >= 15 is 0 Å². The molecule has 0 saturated carbocycles. The minimum absolute atomic E-state index is 0.0242. The number of benzene rings is 2. The van der Waals surface area contributed by atoms with Crippen molar-refractivity contribution in [3.8, 4) is 17.2 Å². The van der Waals surface area contributed by atoms with Crippen molar-refractivity contribution in [3.63, 3.8) is 0 Å². The van der Waals surface area contributed by atoms with Crippen molar-refractivity contribution in [2.45, 2.75) is 53.9 Å². The van der Waals surface area contributed by atoms with Gasteiger partial charge in [-0.05, 0) is 56.4 Å². The zero-order valence-electron chi connectivity index (χ0n) is 18.9. The van der Waals surface area contributed by atoms with Crippen LogP contribution in [0.2, 0.25) is 0 Å². The number of ether oxygens (including phenoxy) is 2. The van der Waals surface area contributed by atoms with Gasteiger partial charge in [-0.25, -0.2) is 4.79 Å². The summed E-state index contributed by atoms with van der Waals surface area (Å²) in [5, 5.41) is 19.6. The van der Waals surface area contributed by atoms with Gasteiger partial charge in [0.15, 0.2) is 5.78 Å². The minimum atomic E-state index is -0.971. The van der Waals surface area contributed by atoms with E-state index in [9.17, 15) is 19.8 Å². The van der Waals surface area contributed by atoms with Crippen LogP contribution in [0.3, 0.4) is 0 Å². The lowest BCUT2D eigenvalue weighted by molar-refractivity contribution is 0.0695. The Morgan fingerprint density at radius 2 is 1.45 bits per heavy atom. The molecule has 6 nitrogen and oxygen atoms in total. The van der Waals surface area contributed by atoms with Gasteiger partial charge in [-0.3, -0.25) is 4.79 Å². The van der Waals surface area contributed by atoms with Crippen LogP contribution in [0, 0.1) is 19.3 Å². The first kappa shape index (κ1) is 24.3. The maximum absolute atomic E-state index is 12.4. The summed E-state index contributed by atoms with van der Waals surface area (Å²) in [5.74, 6) is 0.0388. The van der Waals surface area contributed by atoms with E-state index in [1.165, 1.54) is 0 Å². The van der Waals surface area contributed by atoms with Gasteiger partial charge in [0.2, 0.25) is 0 Å². The van der Waals surface area contributed by atoms with Gasteiger partial charge in [-0.15, -0.1) is 0 Å². The molecule has 2 N–H and O–H groups in total. The number of hydrogen-bond donors (Lipinski definition) is 2. The van der Waals surface area contributed by atoms with Crippen molar-refractivity contribution in [2.24, 2.45) is 5.41 Å². The van der Waals surface area contributed by atoms with Gasteiger partial charge >= 0.3 is 5.97 Å². The molecule has 0 heterocycles. The normalized spacial score (nSPS) is 11.3. The van der Waals surface area contributed by atoms with Crippen molar-refractivity contribution in [3.05, 3.63) is 52.6 Å². The average Bonchev–Trinajstić information content (AvgIpc) is 2.67. The number of Topliss-reactive ketones (excluding diaryl/α,β-unsaturated/α-hetero) is 1. The van der Waals surface area contributed by atoms with Crippen LogP contribution in [0.5, 0.6) is 17.2 Å². The molecule has 0 bridgehead atoms. The molecule has 2 rings (SSSR count). The van der Waals surface area contributed by atoms with Crippen LogP contribution in [0.15, 0.2) is 30.3 Å². The fraction of sp³-hybridized carbons (Fsp3) is 0.440. The molecule has 0 aliphatic rings. The predicted octanol–water partition coefficient (Wildman–Crippen LogP) is 5.56. The fourth-order valence-electron chi connectivity index (χ4n) is 3.21. The molecule has 6 heteroatoms. The largest absolute Gasteiger partial charge is 0.507 e. The number of hydrogen-bond acceptors (Lipinski definition) is 5. The Morgan fingerprint density at radius 1 is 0.871 bits per heavy atom. The van der Waals surface area contributed by atoms with Gasteiger partial charge in [0.25, 0.3) is 0 Å². The first-order valence-electron chi connectivity index (χ1n) is 10.5. The summed E-state index contributed by atoms with van der Waals surface area (Å²) in [7, 11) is 0. The molecule has 2 aromatic carbocycles. The molecule has 168 valence electrons. The van der Waals surface area contributed by atoms with Crippen LogP contribution in [0.4, 0.5) is 0 Å². The van der Waals surface area contributed by atoms with E-state index in [0.29, 0.717) is 47.8 Å². The number of aromatic carboxylic acids is 1. The van der Waals surface area contributed by atoms with Crippen LogP contribution in [0.25, 0.3) is 0 Å². The summed E-state index contributed by atoms with van der Waals surface area (Å²) in [6.07, 6.45) is 1.81. The van der Waals surface area contributed by atoms with E-state index in [1.54, 1.807) is 44.2 Å². The molecule has 2 aromatic rings. The molecule has 0 spiro atoms. The van der Waals surface area contributed by atoms with Crippen LogP contribution < -0.4 is 9.47 Å². The summed E-state index contributed by atoms with van der Waals surface area (Å²) in [4.78, 5) is 23.6. The lowest BCUT2D eigenvalue weighted by Crippen LogP contribution is -2.13. The van der Waals surface area contributed by atoms with Gasteiger partial charge < -0.3 is 19.7 Å². The lowest BCUT2D eigenvalue weighted by atomic mass is 9.87. The third-order valence-electron chi connectivity index (χ3n) is 4.94. The molecule has 0 unspecified atom stereocenters. The molecule has 0 atom stereocenters. The highest BCUT2D eigenvalue weighted by atomic mass is 16.5. The quantitative estimate of drug-likeness (QED) is 0.380. The Labute approximate surface area is 183 Å². The zero-order chi connectivity index (χ0) is 23.2. The first-order valence-corrected chi connectivity index (χ1v) is 10.5. The number of phenols is 1. The maximum atomic E-state index is 12.4. The monoisotopic (exact) mass is 428 g/mol. The Hall–Kier alpha value is -3.02. The number of carboxylic acid groups (broad SMARTS) is 1. The molecule has 0 amide bonds. The molecule has 0 saturated heterocycles. The molecule has 0 aromatic heterocycles. The number of carbonyl (C=O) groups is 2. The summed E-state index contributed by atoms with van der Waals surface area (Å²) in [6.45, 7) is 10.3. The summed E-state index contributed by atoms with van der Waals surface area (Å²) in [5.41, 5.74) is 1.57. The topological polar surface area (TPSA) is 93.1 Å². The smallest absolute Gasteiger partial charge is 0.336 e. The number of rotatable bonds is 10. The van der Waals surface area contributed by atoms with Crippen LogP contribution >= 0.6 is 0 Å². The van der Waals surface area contributed by atoms with Gasteiger partial charge in [0.05, 0.1) is 24.3 Å². The van der Waals surface area contributed by atoms with Crippen LogP contribution in [0.1, 0.15) is 71.9 Å². The Morgan fingerprint density at radius 3 is 2.00 bits per heavy atom. The van der Waals surface area contributed by atoms with E-state index < -0.39 is 5.97 Å². The van der Waals surface area contributed by atoms with Crippen molar-refractivity contribution >= 4 is 11.8 Å². The Kier molecular flexibility index (Phi) is 8.08. The van der Waals surface area contributed by atoms with Gasteiger partial charge in [0, 0.05) is 17.5 Å². The summed E-state index contributed by atoms with van der Waals surface area (Å²) >= 11 is 0. The molecule has 31 heavy (non-hydrogen) atoms. The third kappa shape index (κ3) is 6.74. The highest BCUT2D eigenvalue weighted by molar-refractivity contribution is 5.99. The summed E-state index contributed by atoms with van der Waals surface area (Å²) in [6, 6.07) is 8.32. The number of carboxylic acids is 1. The average molecular weight is 429 g/mol. The van der Waals surface area contributed by atoms with Gasteiger partial charge in [-0.2, -0.15) is 0 Å². The second-order valence-corrected chi connectivity index (χ2v) is 8.88. The summed E-state index contributed by atoms with van der Waals surface area (Å²) < 4.78 is 11.5. The number of phenolic OH excluding ortho intramolecular Hbond substituents is 1. The third-order valence-corrected chi connectivity index (χ3v) is 4.94. The minimum Gasteiger partial charge on any atom is -0.507 e. The van der Waals surface area contributed by atoms with Crippen LogP contribution in [-0.4, -0.2) is 35.2 Å². The maximum Gasteiger partial charge on any atom is 0.336 e. The van der Waals surface area contributed by atoms with Gasteiger partial charge in [-0.1, -0.05) is 26.8 Å². The second kappa shape index (κ2) is 10.3. The number of carbonyl (C=O) groups excluding carboxylic acids is 1. The van der Waals surface area contributed by atoms with Crippen molar-refractivity contribution in [2.75, 3.05) is 13.2 Å². The lowest BCUT2D eigenvalue weighted by Gasteiger charge is -2.18. The predicted molar refractivity (Wildman–Crippen MR) is 120 cm³/mol. The number of unbranched alkanes of at least 4 members (excludes halogenated alkanes) is 1. The molecule has 0 radical (unpaired) electrons. The van der Waals surface area contributed by atoms with E-state index in [2.05, 4.69) is 0 Å². The van der Waals surface area contributed by atoms with E-state index in [1.807, 2.05) is 20.8 Å². The fourth-order valence-corrected chi connectivity index (χ4v) is 3.21. The first-order chi connectivity index (χ1) is 14.5. The molecular formula is C25H32O6. The Balaban J connectivity index is 1.84. The van der Waals surface area contributed by atoms with E-state index in [4.69, 9.17) is 9.47 Å². The Bertz CT molecular complexity index is 940. The molecule has 0 fully saturated rings. The SMILES string of the molecule is Cc1c(OCCCCOc2ccc(C(=O)CC(C)(C)C)c(O)c2C)cccc1C(=O)O. The molecular weight excluding hydrogens is 396 g/mol. The second-order valence-electron chi connectivity index (χ2n) is 8.88. The van der Waals surface area contributed by atoms with Crippen molar-refractivity contribution < 1.29 is 29.3 Å². The molecule has 0 aliphatic carbocycles. The number of ketones is 1. The van der Waals surface area contributed by atoms with E-state index in [0.717, 1.165) is 12.8 Å². The van der Waals surface area contributed by atoms with Crippen LogP contribution in [-0.2, 0) is 0 Å². The molecule has 0 aliphatic heterocycles. The van der Waals surface area contributed by atoms with Crippen molar-refractivity contribution in [1.29, 1.82) is 0 Å². The van der Waals surface area contributed by atoms with E-state index in [-0.39, 0.29) is 22.5 Å². The van der Waals surface area contributed by atoms with Gasteiger partial charge in [0.1, 0.15) is 17.2 Å². The highest BCUT2D eigenvalue weighted by Crippen LogP contribution is 2.33.